The lowest BCUT2D eigenvalue weighted by Crippen LogP contribution is -1.86. The highest BCUT2D eigenvalue weighted by molar-refractivity contribution is 5.60. The number of allylic oxidation sites excluding steroid dienone is 6. The number of aryl methyl sites for hydroxylation is 5. The molecule has 2 aromatic carbocycles. The average molecular weight is 818 g/mol. The van der Waals surface area contributed by atoms with Gasteiger partial charge in [-0.05, 0) is 115 Å². The van der Waals surface area contributed by atoms with E-state index < -0.39 is 0 Å². The number of hydrogen-bond donors (Lipinski definition) is 0. The van der Waals surface area contributed by atoms with E-state index in [0.717, 1.165) is 17.9 Å². The zero-order valence-electron chi connectivity index (χ0n) is 45.8. The Bertz CT molecular complexity index is 1090. The monoisotopic (exact) mass is 817 g/mol. The van der Waals surface area contributed by atoms with Gasteiger partial charge in [0.1, 0.15) is 0 Å². The zero-order valence-corrected chi connectivity index (χ0v) is 45.8. The maximum absolute atomic E-state index is 9.50. The fraction of sp³-hybridized carbons (Fsp3) is 0.614. The Morgan fingerprint density at radius 3 is 1.22 bits per heavy atom. The van der Waals surface area contributed by atoms with Crippen LogP contribution in [-0.4, -0.2) is 7.18 Å². The molecule has 0 heterocycles. The predicted octanol–water partition coefficient (Wildman–Crippen LogP) is 21.9. The molecule has 58 heavy (non-hydrogen) atoms. The maximum atomic E-state index is 9.50. The van der Waals surface area contributed by atoms with Crippen molar-refractivity contribution in [1.82, 2.24) is 0 Å². The van der Waals surface area contributed by atoms with Crippen molar-refractivity contribution in [2.45, 2.75) is 226 Å². The molecule has 0 aliphatic heterocycles. The lowest BCUT2D eigenvalue weighted by molar-refractivity contribution is 0.636. The summed E-state index contributed by atoms with van der Waals surface area (Å²) in [5.74, 6) is 0.907. The second-order valence-electron chi connectivity index (χ2n) is 10.9. The average Bonchev–Trinajstić information content (AvgIpc) is 4.15. The molecule has 1 aliphatic rings. The van der Waals surface area contributed by atoms with Crippen LogP contribution in [0.1, 0.15) is 225 Å². The standard InChI is InChI=1S/C14H18.C10H14.C8H14.C6H10.9C2H6.CH3F/c1-10(2)13(5)9-14-8-11(3)6-7-12(14)4;1-4-10-7-8(2)5-6-9(10)3;1-4-6-8(3)7-5-2;1-5(2)6-3-4-6;10*1-2/h6-9H,1H2,2-5H3;5-7H,4H2,1-3H3;4,6H,1,5,7H2,2-3H3;6H,1,3-4H2,2H3;9*1-2H3;1H3/b13-9+;;8-6+;;;;;;;;;;;. The Hall–Kier alpha value is -2.93. The van der Waals surface area contributed by atoms with Crippen molar-refractivity contribution in [2.24, 2.45) is 5.92 Å². The highest BCUT2D eigenvalue weighted by Crippen LogP contribution is 2.34. The van der Waals surface area contributed by atoms with Crippen LogP contribution in [-0.2, 0) is 6.42 Å². The summed E-state index contributed by atoms with van der Waals surface area (Å²) >= 11 is 0. The van der Waals surface area contributed by atoms with Gasteiger partial charge in [0.2, 0.25) is 0 Å². The first-order valence-corrected chi connectivity index (χ1v) is 23.6. The highest BCUT2D eigenvalue weighted by Gasteiger charge is 2.20. The van der Waals surface area contributed by atoms with Crippen molar-refractivity contribution < 1.29 is 4.39 Å². The second kappa shape index (κ2) is 78.4. The fourth-order valence-corrected chi connectivity index (χ4v) is 3.71. The Morgan fingerprint density at radius 1 is 0.603 bits per heavy atom. The van der Waals surface area contributed by atoms with E-state index in [-0.39, 0.29) is 0 Å². The lowest BCUT2D eigenvalue weighted by atomic mass is 10.0. The molecule has 2 aromatic rings. The molecular weight excluding hydrogens is 704 g/mol. The van der Waals surface area contributed by atoms with E-state index in [1.807, 2.05) is 138 Å². The van der Waals surface area contributed by atoms with Crippen LogP contribution in [0.2, 0.25) is 0 Å². The van der Waals surface area contributed by atoms with Crippen molar-refractivity contribution in [2.75, 3.05) is 7.18 Å². The van der Waals surface area contributed by atoms with Gasteiger partial charge in [0.05, 0.1) is 7.18 Å². The summed E-state index contributed by atoms with van der Waals surface area (Å²) in [5.41, 5.74) is 13.3. The van der Waals surface area contributed by atoms with E-state index in [9.17, 15) is 4.39 Å². The van der Waals surface area contributed by atoms with Gasteiger partial charge in [0.15, 0.2) is 0 Å². The molecule has 0 aromatic heterocycles. The second-order valence-corrected chi connectivity index (χ2v) is 10.9. The number of halogens is 1. The molecule has 348 valence electrons. The summed E-state index contributed by atoms with van der Waals surface area (Å²) in [6, 6.07) is 13.1. The molecular formula is C57H113F. The lowest BCUT2D eigenvalue weighted by Gasteiger charge is -2.04. The van der Waals surface area contributed by atoms with Crippen LogP contribution >= 0.6 is 0 Å². The summed E-state index contributed by atoms with van der Waals surface area (Å²) in [5, 5.41) is 0. The topological polar surface area (TPSA) is 0 Å². The molecule has 1 heteroatoms. The van der Waals surface area contributed by atoms with Crippen molar-refractivity contribution in [3.8, 4) is 0 Å². The minimum Gasteiger partial charge on any atom is -0.255 e. The molecule has 0 N–H and O–H groups in total. The molecule has 0 bridgehead atoms. The van der Waals surface area contributed by atoms with Crippen LogP contribution < -0.4 is 0 Å². The third kappa shape index (κ3) is 67.8. The molecule has 0 radical (unpaired) electrons. The molecule has 1 saturated carbocycles. The number of benzene rings is 2. The van der Waals surface area contributed by atoms with Gasteiger partial charge in [-0.2, -0.15) is 0 Å². The SMILES string of the molecule is C=C(C)/C(C)=C/c1cc(C)ccc1C.C=C(C)C1CC1.C=C/C=C(\C)CCC.CC.CC.CC.CC.CC.CC.CC.CC.CC.CCc1cc(C)ccc1C.CF. The Labute approximate surface area is 372 Å². The van der Waals surface area contributed by atoms with Crippen LogP contribution in [0, 0.1) is 33.6 Å². The van der Waals surface area contributed by atoms with Gasteiger partial charge in [-0.1, -0.05) is 247 Å². The zero-order chi connectivity index (χ0) is 49.3. The molecule has 0 saturated heterocycles. The number of hydrogen-bond acceptors (Lipinski definition) is 0. The van der Waals surface area contributed by atoms with E-state index in [1.165, 1.54) is 75.8 Å². The first-order valence-electron chi connectivity index (χ1n) is 23.6. The summed E-state index contributed by atoms with van der Waals surface area (Å²) in [6.45, 7) is 68.7. The smallest absolute Gasteiger partial charge is 0.0785 e. The van der Waals surface area contributed by atoms with Gasteiger partial charge < -0.3 is 0 Å². The molecule has 1 fully saturated rings. The van der Waals surface area contributed by atoms with Gasteiger partial charge in [0.25, 0.3) is 0 Å². The molecule has 0 spiro atoms. The minimum atomic E-state index is 0.500. The summed E-state index contributed by atoms with van der Waals surface area (Å²) in [7, 11) is 0.500. The summed E-state index contributed by atoms with van der Waals surface area (Å²) < 4.78 is 9.50. The van der Waals surface area contributed by atoms with Crippen molar-refractivity contribution in [3.63, 3.8) is 0 Å². The van der Waals surface area contributed by atoms with E-state index in [2.05, 4.69) is 131 Å². The van der Waals surface area contributed by atoms with Crippen LogP contribution in [0.15, 0.2) is 90.6 Å². The van der Waals surface area contributed by atoms with Crippen LogP contribution in [0.25, 0.3) is 6.08 Å². The molecule has 0 amide bonds. The minimum absolute atomic E-state index is 0.500. The maximum Gasteiger partial charge on any atom is 0.0785 e. The third-order valence-corrected chi connectivity index (χ3v) is 6.69. The number of alkyl halides is 1. The first-order chi connectivity index (χ1) is 27.9. The van der Waals surface area contributed by atoms with Crippen molar-refractivity contribution in [3.05, 3.63) is 124 Å². The van der Waals surface area contributed by atoms with E-state index >= 15 is 0 Å². The third-order valence-electron chi connectivity index (χ3n) is 6.69. The summed E-state index contributed by atoms with van der Waals surface area (Å²) in [4.78, 5) is 0. The van der Waals surface area contributed by atoms with Gasteiger partial charge in [-0.25, -0.2) is 0 Å². The van der Waals surface area contributed by atoms with Gasteiger partial charge in [0, 0.05) is 0 Å². The van der Waals surface area contributed by atoms with Gasteiger partial charge >= 0.3 is 0 Å². The van der Waals surface area contributed by atoms with Crippen LogP contribution in [0.5, 0.6) is 0 Å². The molecule has 1 aliphatic carbocycles. The highest BCUT2D eigenvalue weighted by atomic mass is 19.1. The summed E-state index contributed by atoms with van der Waals surface area (Å²) in [6.07, 6.45) is 12.5. The van der Waals surface area contributed by atoms with Crippen LogP contribution in [0.3, 0.4) is 0 Å². The van der Waals surface area contributed by atoms with E-state index in [0.29, 0.717) is 7.18 Å². The normalized spacial score (nSPS) is 9.28. The van der Waals surface area contributed by atoms with Crippen molar-refractivity contribution in [1.29, 1.82) is 0 Å². The van der Waals surface area contributed by atoms with E-state index in [1.54, 1.807) is 0 Å². The molecule has 0 unspecified atom stereocenters. The Kier molecular flexibility index (Phi) is 112. The Morgan fingerprint density at radius 2 is 0.966 bits per heavy atom. The Balaban J connectivity index is -0.0000000502. The number of rotatable bonds is 7. The quantitative estimate of drug-likeness (QED) is 0.193. The fourth-order valence-electron chi connectivity index (χ4n) is 3.71. The molecule has 3 rings (SSSR count). The predicted molar refractivity (Wildman–Crippen MR) is 285 cm³/mol. The molecule has 0 atom stereocenters. The van der Waals surface area contributed by atoms with E-state index in [4.69, 9.17) is 0 Å². The van der Waals surface area contributed by atoms with Gasteiger partial charge in [-0.3, -0.25) is 4.39 Å². The largest absolute Gasteiger partial charge is 0.255 e. The first kappa shape index (κ1) is 82.9. The molecule has 0 nitrogen and oxygen atoms in total. The van der Waals surface area contributed by atoms with Crippen molar-refractivity contribution >= 4 is 6.08 Å². The van der Waals surface area contributed by atoms with Crippen LogP contribution in [0.4, 0.5) is 4.39 Å². The van der Waals surface area contributed by atoms with Gasteiger partial charge in [-0.15, -0.1) is 0 Å².